The summed E-state index contributed by atoms with van der Waals surface area (Å²) in [6, 6.07) is 6.02. The highest BCUT2D eigenvalue weighted by Crippen LogP contribution is 2.33. The van der Waals surface area contributed by atoms with Gasteiger partial charge in [-0.1, -0.05) is 19.9 Å². The quantitative estimate of drug-likeness (QED) is 0.654. The number of benzene rings is 1. The van der Waals surface area contributed by atoms with E-state index in [1.807, 2.05) is 12.1 Å². The number of hydrogen-bond acceptors (Lipinski definition) is 2. The summed E-state index contributed by atoms with van der Waals surface area (Å²) in [4.78, 5) is 0. The van der Waals surface area contributed by atoms with Crippen LogP contribution in [0, 0.1) is 0 Å². The normalized spacial score (nSPS) is 13.5. The molecule has 0 aromatic heterocycles. The Balaban J connectivity index is 2.38. The van der Waals surface area contributed by atoms with E-state index in [0.717, 1.165) is 11.5 Å². The third-order valence-corrected chi connectivity index (χ3v) is 2.08. The second-order valence-electron chi connectivity index (χ2n) is 3.37. The summed E-state index contributed by atoms with van der Waals surface area (Å²) in [7, 11) is 0. The van der Waals surface area contributed by atoms with Crippen molar-refractivity contribution >= 4 is 0 Å². The highest BCUT2D eigenvalue weighted by atomic mass is 16.5. The monoisotopic (exact) mass is 176 g/mol. The van der Waals surface area contributed by atoms with E-state index in [2.05, 4.69) is 19.9 Å². The predicted molar refractivity (Wildman–Crippen MR) is 50.9 cm³/mol. The summed E-state index contributed by atoms with van der Waals surface area (Å²) in [5, 5.41) is 0. The van der Waals surface area contributed by atoms with Crippen LogP contribution in [-0.4, -0.2) is 0 Å². The van der Waals surface area contributed by atoms with Crippen LogP contribution in [-0.2, 0) is 0 Å². The van der Waals surface area contributed by atoms with Gasteiger partial charge in [-0.2, -0.15) is 0 Å². The molecule has 0 radical (unpaired) electrons. The largest absolute Gasteiger partial charge is 0.458 e. The second-order valence-corrected chi connectivity index (χ2v) is 3.37. The van der Waals surface area contributed by atoms with Crippen molar-refractivity contribution < 1.29 is 9.47 Å². The molecule has 13 heavy (non-hydrogen) atoms. The molecular weight excluding hydrogens is 164 g/mol. The fourth-order valence-corrected chi connectivity index (χ4v) is 1.28. The number of fused-ring (bicyclic) bond motifs is 1. The lowest BCUT2D eigenvalue weighted by molar-refractivity contribution is 0.361. The van der Waals surface area contributed by atoms with E-state index in [1.54, 1.807) is 6.26 Å². The Morgan fingerprint density at radius 1 is 1.00 bits per heavy atom. The Labute approximate surface area is 77.8 Å². The van der Waals surface area contributed by atoms with Crippen LogP contribution in [0.2, 0.25) is 0 Å². The summed E-state index contributed by atoms with van der Waals surface area (Å²) < 4.78 is 10.6. The van der Waals surface area contributed by atoms with Crippen LogP contribution in [0.3, 0.4) is 0 Å². The van der Waals surface area contributed by atoms with Gasteiger partial charge in [0, 0.05) is 0 Å². The molecule has 1 aromatic rings. The van der Waals surface area contributed by atoms with Crippen LogP contribution < -0.4 is 9.47 Å². The summed E-state index contributed by atoms with van der Waals surface area (Å²) in [5.74, 6) is 2.10. The molecule has 1 aliphatic heterocycles. The molecule has 0 N–H and O–H groups in total. The molecule has 68 valence electrons. The van der Waals surface area contributed by atoms with Crippen molar-refractivity contribution in [3.63, 3.8) is 0 Å². The maximum Gasteiger partial charge on any atom is 0.169 e. The zero-order valence-electron chi connectivity index (χ0n) is 7.78. The minimum atomic E-state index is 0.514. The van der Waals surface area contributed by atoms with Gasteiger partial charge in [0.25, 0.3) is 0 Å². The first kappa shape index (κ1) is 8.17. The molecule has 2 nitrogen and oxygen atoms in total. The van der Waals surface area contributed by atoms with Crippen molar-refractivity contribution in [3.05, 3.63) is 36.3 Å². The Morgan fingerprint density at radius 3 is 2.38 bits per heavy atom. The number of hydrogen-bond donors (Lipinski definition) is 0. The van der Waals surface area contributed by atoms with E-state index in [0.29, 0.717) is 5.92 Å². The molecule has 0 fully saturated rings. The minimum Gasteiger partial charge on any atom is -0.458 e. The Bertz CT molecular complexity index is 340. The standard InChI is InChI=1S/C11H12O2/c1-8(2)9-3-4-10-11(7-9)13-6-5-12-10/h3-8H,1-2H3. The maximum absolute atomic E-state index is 5.31. The molecule has 0 amide bonds. The lowest BCUT2D eigenvalue weighted by atomic mass is 10.0. The molecule has 2 heteroatoms. The second kappa shape index (κ2) is 3.13. The smallest absolute Gasteiger partial charge is 0.169 e. The van der Waals surface area contributed by atoms with Gasteiger partial charge >= 0.3 is 0 Å². The first-order valence-electron chi connectivity index (χ1n) is 4.39. The number of rotatable bonds is 1. The summed E-state index contributed by atoms with van der Waals surface area (Å²) in [6.45, 7) is 4.31. The third-order valence-electron chi connectivity index (χ3n) is 2.08. The summed E-state index contributed by atoms with van der Waals surface area (Å²) >= 11 is 0. The van der Waals surface area contributed by atoms with E-state index in [9.17, 15) is 0 Å². The van der Waals surface area contributed by atoms with Gasteiger partial charge in [-0.3, -0.25) is 0 Å². The van der Waals surface area contributed by atoms with Crippen molar-refractivity contribution in [1.29, 1.82) is 0 Å². The molecule has 0 unspecified atom stereocenters. The van der Waals surface area contributed by atoms with Crippen molar-refractivity contribution in [3.8, 4) is 11.5 Å². The van der Waals surface area contributed by atoms with Gasteiger partial charge in [-0.05, 0) is 23.6 Å². The fourth-order valence-electron chi connectivity index (χ4n) is 1.28. The molecule has 0 saturated carbocycles. The first-order chi connectivity index (χ1) is 6.27. The molecular formula is C11H12O2. The highest BCUT2D eigenvalue weighted by molar-refractivity contribution is 5.45. The summed E-state index contributed by atoms with van der Waals surface area (Å²) in [6.07, 6.45) is 3.09. The minimum absolute atomic E-state index is 0.514. The van der Waals surface area contributed by atoms with Gasteiger partial charge in [-0.15, -0.1) is 0 Å². The molecule has 2 rings (SSSR count). The third kappa shape index (κ3) is 1.52. The van der Waals surface area contributed by atoms with Crippen LogP contribution in [0.25, 0.3) is 0 Å². The Morgan fingerprint density at radius 2 is 1.69 bits per heavy atom. The van der Waals surface area contributed by atoms with E-state index < -0.39 is 0 Å². The van der Waals surface area contributed by atoms with E-state index in [1.165, 1.54) is 11.8 Å². The molecule has 0 aliphatic carbocycles. The lowest BCUT2D eigenvalue weighted by Crippen LogP contribution is -1.97. The van der Waals surface area contributed by atoms with Crippen LogP contribution in [0.4, 0.5) is 0 Å². The lowest BCUT2D eigenvalue weighted by Gasteiger charge is -2.14. The van der Waals surface area contributed by atoms with Gasteiger partial charge in [-0.25, -0.2) is 0 Å². The highest BCUT2D eigenvalue weighted by Gasteiger charge is 2.09. The van der Waals surface area contributed by atoms with E-state index >= 15 is 0 Å². The van der Waals surface area contributed by atoms with Gasteiger partial charge in [0.2, 0.25) is 0 Å². The molecule has 1 aromatic carbocycles. The molecule has 1 aliphatic rings. The predicted octanol–water partition coefficient (Wildman–Crippen LogP) is 3.05. The topological polar surface area (TPSA) is 18.5 Å². The molecule has 0 bridgehead atoms. The summed E-state index contributed by atoms with van der Waals surface area (Å²) in [5.41, 5.74) is 1.26. The molecule has 1 heterocycles. The molecule has 0 saturated heterocycles. The van der Waals surface area contributed by atoms with Crippen LogP contribution in [0.5, 0.6) is 11.5 Å². The zero-order chi connectivity index (χ0) is 9.26. The Kier molecular flexibility index (Phi) is 1.97. The Hall–Kier alpha value is -1.44. The van der Waals surface area contributed by atoms with Gasteiger partial charge in [0.15, 0.2) is 11.5 Å². The van der Waals surface area contributed by atoms with Crippen LogP contribution >= 0.6 is 0 Å². The van der Waals surface area contributed by atoms with E-state index in [-0.39, 0.29) is 0 Å². The average molecular weight is 176 g/mol. The zero-order valence-corrected chi connectivity index (χ0v) is 7.78. The van der Waals surface area contributed by atoms with Crippen molar-refractivity contribution in [2.75, 3.05) is 0 Å². The van der Waals surface area contributed by atoms with Gasteiger partial charge < -0.3 is 9.47 Å². The van der Waals surface area contributed by atoms with Crippen molar-refractivity contribution in [1.82, 2.24) is 0 Å². The van der Waals surface area contributed by atoms with E-state index in [4.69, 9.17) is 9.47 Å². The van der Waals surface area contributed by atoms with Crippen LogP contribution in [0.1, 0.15) is 25.3 Å². The average Bonchev–Trinajstić information content (AvgIpc) is 2.17. The number of ether oxygens (including phenoxy) is 2. The van der Waals surface area contributed by atoms with Crippen molar-refractivity contribution in [2.24, 2.45) is 0 Å². The maximum atomic E-state index is 5.31. The molecule has 0 spiro atoms. The van der Waals surface area contributed by atoms with Gasteiger partial charge in [0.05, 0.1) is 0 Å². The van der Waals surface area contributed by atoms with Crippen LogP contribution in [0.15, 0.2) is 30.7 Å². The van der Waals surface area contributed by atoms with Gasteiger partial charge in [0.1, 0.15) is 12.5 Å². The first-order valence-corrected chi connectivity index (χ1v) is 4.39. The molecule has 0 atom stereocenters. The fraction of sp³-hybridized carbons (Fsp3) is 0.273. The van der Waals surface area contributed by atoms with Crippen molar-refractivity contribution in [2.45, 2.75) is 19.8 Å². The SMILES string of the molecule is CC(C)c1ccc2c(c1)OC=CO2.